The normalized spacial score (nSPS) is 11.3. The van der Waals surface area contributed by atoms with Crippen molar-refractivity contribution in [1.82, 2.24) is 10.3 Å². The zero-order valence-corrected chi connectivity index (χ0v) is 13.0. The van der Waals surface area contributed by atoms with Gasteiger partial charge in [0.05, 0.1) is 11.1 Å². The predicted octanol–water partition coefficient (Wildman–Crippen LogP) is 3.79. The quantitative estimate of drug-likeness (QED) is 0.852. The average molecular weight is 355 g/mol. The van der Waals surface area contributed by atoms with E-state index in [4.69, 9.17) is 0 Å². The van der Waals surface area contributed by atoms with Gasteiger partial charge in [-0.25, -0.2) is 9.37 Å². The molecule has 1 aromatic heterocycles. The first-order valence-electron chi connectivity index (χ1n) is 6.20. The molecule has 0 spiro atoms. The van der Waals surface area contributed by atoms with Crippen LogP contribution in [-0.4, -0.2) is 10.9 Å². The van der Waals surface area contributed by atoms with E-state index in [1.165, 1.54) is 0 Å². The minimum absolute atomic E-state index is 0.368. The van der Waals surface area contributed by atoms with Crippen LogP contribution in [0.3, 0.4) is 0 Å². The molecule has 2 rings (SSSR count). The second-order valence-corrected chi connectivity index (χ2v) is 5.96. The fraction of sp³-hybridized carbons (Fsp3) is 0.200. The lowest BCUT2D eigenvalue weighted by Crippen LogP contribution is -2.41. The van der Waals surface area contributed by atoms with Gasteiger partial charge in [0, 0.05) is 10.7 Å². The number of hydrogen-bond acceptors (Lipinski definition) is 2. The molecular weight excluding hydrogens is 342 g/mol. The lowest BCUT2D eigenvalue weighted by atomic mass is 9.94. The molecule has 1 aromatic carbocycles. The van der Waals surface area contributed by atoms with Gasteiger partial charge in [-0.1, -0.05) is 28.1 Å². The van der Waals surface area contributed by atoms with Crippen molar-refractivity contribution >= 4 is 21.8 Å². The molecule has 0 aliphatic heterocycles. The molecule has 0 aliphatic rings. The molecule has 0 saturated carbocycles. The Kier molecular flexibility index (Phi) is 4.37. The highest BCUT2D eigenvalue weighted by Gasteiger charge is 2.25. The van der Waals surface area contributed by atoms with Crippen molar-refractivity contribution in [2.45, 2.75) is 19.4 Å². The first-order chi connectivity index (χ1) is 9.81. The number of carbonyl (C=O) groups is 1. The summed E-state index contributed by atoms with van der Waals surface area (Å²) in [5.41, 5.74) is -0.258. The van der Waals surface area contributed by atoms with Crippen LogP contribution in [0.2, 0.25) is 0 Å². The summed E-state index contributed by atoms with van der Waals surface area (Å²) in [6.07, 6.45) is 1.06. The Hall–Kier alpha value is -1.82. The third-order valence-corrected chi connectivity index (χ3v) is 3.61. The number of halogens is 3. The molecule has 21 heavy (non-hydrogen) atoms. The Bertz CT molecular complexity index is 672. The second-order valence-electron chi connectivity index (χ2n) is 5.05. The minimum atomic E-state index is -1.29. The van der Waals surface area contributed by atoms with Crippen LogP contribution in [0, 0.1) is 11.8 Å². The van der Waals surface area contributed by atoms with E-state index in [2.05, 4.69) is 26.2 Å². The predicted molar refractivity (Wildman–Crippen MR) is 78.8 cm³/mol. The number of carbonyl (C=O) groups excluding carboxylic acids is 1. The van der Waals surface area contributed by atoms with E-state index in [1.807, 2.05) is 24.3 Å². The number of nitrogens with zero attached hydrogens (tertiary/aromatic N) is 1. The Morgan fingerprint density at radius 1 is 1.19 bits per heavy atom. The summed E-state index contributed by atoms with van der Waals surface area (Å²) < 4.78 is 27.6. The maximum Gasteiger partial charge on any atom is 0.255 e. The maximum absolute atomic E-state index is 13.6. The zero-order valence-electron chi connectivity index (χ0n) is 11.5. The van der Waals surface area contributed by atoms with Crippen molar-refractivity contribution in [3.05, 3.63) is 63.9 Å². The van der Waals surface area contributed by atoms with Gasteiger partial charge < -0.3 is 5.32 Å². The van der Waals surface area contributed by atoms with Crippen molar-refractivity contribution < 1.29 is 13.6 Å². The van der Waals surface area contributed by atoms with Gasteiger partial charge in [-0.05, 0) is 37.6 Å². The molecule has 0 atom stereocenters. The van der Waals surface area contributed by atoms with Crippen molar-refractivity contribution in [3.8, 4) is 0 Å². The molecule has 1 heterocycles. The fourth-order valence-electron chi connectivity index (χ4n) is 1.88. The summed E-state index contributed by atoms with van der Waals surface area (Å²) >= 11 is 3.33. The number of pyridine rings is 1. The molecule has 1 N–H and O–H groups in total. The summed E-state index contributed by atoms with van der Waals surface area (Å²) in [4.78, 5) is 15.3. The number of rotatable bonds is 3. The molecule has 0 radical (unpaired) electrons. The average Bonchev–Trinajstić information content (AvgIpc) is 2.41. The van der Waals surface area contributed by atoms with E-state index >= 15 is 0 Å². The van der Waals surface area contributed by atoms with Gasteiger partial charge in [-0.3, -0.25) is 4.79 Å². The summed E-state index contributed by atoms with van der Waals surface area (Å²) in [6, 6.07) is 8.51. The number of nitrogens with one attached hydrogen (secondary N) is 1. The van der Waals surface area contributed by atoms with Crippen LogP contribution in [0.1, 0.15) is 29.8 Å². The Labute approximate surface area is 129 Å². The largest absolute Gasteiger partial charge is 0.343 e. The molecule has 110 valence electrons. The number of benzene rings is 1. The van der Waals surface area contributed by atoms with Crippen LogP contribution in [0.25, 0.3) is 0 Å². The van der Waals surface area contributed by atoms with E-state index in [-0.39, 0.29) is 5.56 Å². The summed E-state index contributed by atoms with van der Waals surface area (Å²) in [5.74, 6) is -3.23. The summed E-state index contributed by atoms with van der Waals surface area (Å²) in [5, 5.41) is 2.69. The molecule has 0 fully saturated rings. The van der Waals surface area contributed by atoms with E-state index in [1.54, 1.807) is 13.8 Å². The topological polar surface area (TPSA) is 42.0 Å². The van der Waals surface area contributed by atoms with Gasteiger partial charge >= 0.3 is 0 Å². The molecule has 6 heteroatoms. The smallest absolute Gasteiger partial charge is 0.255 e. The number of aromatic nitrogens is 1. The third-order valence-electron chi connectivity index (χ3n) is 3.08. The Morgan fingerprint density at radius 3 is 2.43 bits per heavy atom. The van der Waals surface area contributed by atoms with Crippen molar-refractivity contribution in [2.24, 2.45) is 0 Å². The first kappa shape index (κ1) is 15.6. The second kappa shape index (κ2) is 5.89. The van der Waals surface area contributed by atoms with Crippen LogP contribution in [0.5, 0.6) is 0 Å². The molecule has 2 aromatic rings. The lowest BCUT2D eigenvalue weighted by Gasteiger charge is -2.27. The Balaban J connectivity index is 2.25. The van der Waals surface area contributed by atoms with Gasteiger partial charge in [0.25, 0.3) is 5.91 Å². The van der Waals surface area contributed by atoms with Crippen LogP contribution in [0.4, 0.5) is 8.78 Å². The number of amides is 1. The lowest BCUT2D eigenvalue weighted by molar-refractivity contribution is 0.0906. The summed E-state index contributed by atoms with van der Waals surface area (Å²) in [7, 11) is 0. The van der Waals surface area contributed by atoms with Gasteiger partial charge in [-0.2, -0.15) is 4.39 Å². The van der Waals surface area contributed by atoms with E-state index in [9.17, 15) is 13.6 Å². The van der Waals surface area contributed by atoms with Crippen LogP contribution in [0.15, 0.2) is 41.0 Å². The van der Waals surface area contributed by atoms with Crippen molar-refractivity contribution in [1.29, 1.82) is 0 Å². The summed E-state index contributed by atoms with van der Waals surface area (Å²) in [6.45, 7) is 3.56. The van der Waals surface area contributed by atoms with Crippen LogP contribution in [-0.2, 0) is 5.54 Å². The van der Waals surface area contributed by atoms with E-state index in [0.717, 1.165) is 22.3 Å². The molecule has 3 nitrogen and oxygen atoms in total. The van der Waals surface area contributed by atoms with Crippen molar-refractivity contribution in [2.75, 3.05) is 0 Å². The van der Waals surface area contributed by atoms with Crippen LogP contribution >= 0.6 is 15.9 Å². The SMILES string of the molecule is CC(C)(NC(=O)c1ccnc(F)c1F)c1ccc(Br)cc1. The molecular formula is C15H13BrF2N2O. The minimum Gasteiger partial charge on any atom is -0.343 e. The molecule has 0 unspecified atom stereocenters. The van der Waals surface area contributed by atoms with Crippen molar-refractivity contribution in [3.63, 3.8) is 0 Å². The van der Waals surface area contributed by atoms with Crippen LogP contribution < -0.4 is 5.32 Å². The van der Waals surface area contributed by atoms with Gasteiger partial charge in [-0.15, -0.1) is 0 Å². The molecule has 0 saturated heterocycles. The van der Waals surface area contributed by atoms with Gasteiger partial charge in [0.1, 0.15) is 0 Å². The molecule has 0 bridgehead atoms. The fourth-order valence-corrected chi connectivity index (χ4v) is 2.15. The highest BCUT2D eigenvalue weighted by atomic mass is 79.9. The Morgan fingerprint density at radius 2 is 1.81 bits per heavy atom. The zero-order chi connectivity index (χ0) is 15.6. The first-order valence-corrected chi connectivity index (χ1v) is 6.99. The standard InChI is InChI=1S/C15H13BrF2N2O/c1-15(2,9-3-5-10(16)6-4-9)20-14(21)11-7-8-19-13(18)12(11)17/h3-8H,1-2H3,(H,20,21). The monoisotopic (exact) mass is 354 g/mol. The number of hydrogen-bond donors (Lipinski definition) is 1. The highest BCUT2D eigenvalue weighted by Crippen LogP contribution is 2.23. The van der Waals surface area contributed by atoms with Gasteiger partial charge in [0.15, 0.2) is 5.82 Å². The third kappa shape index (κ3) is 3.44. The van der Waals surface area contributed by atoms with E-state index in [0.29, 0.717) is 0 Å². The highest BCUT2D eigenvalue weighted by molar-refractivity contribution is 9.10. The van der Waals surface area contributed by atoms with E-state index < -0.39 is 23.2 Å². The van der Waals surface area contributed by atoms with Gasteiger partial charge in [0.2, 0.25) is 5.95 Å². The molecule has 0 aliphatic carbocycles. The maximum atomic E-state index is 13.6. The molecule has 1 amide bonds.